The molecule has 0 aromatic heterocycles. The van der Waals surface area contributed by atoms with Crippen molar-refractivity contribution in [3.63, 3.8) is 0 Å². The maximum atomic E-state index is 10.2. The van der Waals surface area contributed by atoms with Crippen molar-refractivity contribution in [3.05, 3.63) is 0 Å². The fraction of sp³-hybridized carbons (Fsp3) is 0.600. The standard InChI is InChI=1S/C5H9N3O2/c1-8-4(2-9)6-7-5(8)3-10/h2,4,6,10H,3H2,1H3. The molecule has 56 valence electrons. The number of nitrogens with one attached hydrogen (secondary N) is 1. The Hall–Kier alpha value is -1.10. The van der Waals surface area contributed by atoms with Crippen LogP contribution in [0.5, 0.6) is 0 Å². The lowest BCUT2D eigenvalue weighted by Crippen LogP contribution is -2.39. The molecular formula is C5H9N3O2. The molecule has 0 fully saturated rings. The summed E-state index contributed by atoms with van der Waals surface area (Å²) in [6, 6.07) is 0. The Morgan fingerprint density at radius 3 is 3.00 bits per heavy atom. The Kier molecular flexibility index (Phi) is 1.86. The van der Waals surface area contributed by atoms with E-state index in [0.29, 0.717) is 5.84 Å². The summed E-state index contributed by atoms with van der Waals surface area (Å²) in [4.78, 5) is 11.8. The predicted octanol–water partition coefficient (Wildman–Crippen LogP) is -1.65. The minimum atomic E-state index is -0.415. The predicted molar refractivity (Wildman–Crippen MR) is 35.3 cm³/mol. The van der Waals surface area contributed by atoms with Gasteiger partial charge in [0.05, 0.1) is 0 Å². The van der Waals surface area contributed by atoms with Gasteiger partial charge in [0.1, 0.15) is 6.61 Å². The van der Waals surface area contributed by atoms with E-state index in [1.54, 1.807) is 11.9 Å². The van der Waals surface area contributed by atoms with Crippen LogP contribution in [0.1, 0.15) is 0 Å². The van der Waals surface area contributed by atoms with Crippen molar-refractivity contribution in [1.29, 1.82) is 0 Å². The molecule has 1 aliphatic heterocycles. The zero-order valence-electron chi connectivity index (χ0n) is 5.61. The third-order valence-corrected chi connectivity index (χ3v) is 1.42. The van der Waals surface area contributed by atoms with E-state index in [0.717, 1.165) is 6.29 Å². The topological polar surface area (TPSA) is 64.9 Å². The second-order valence-corrected chi connectivity index (χ2v) is 2.01. The number of hydrogen-bond acceptors (Lipinski definition) is 5. The molecule has 0 aromatic carbocycles. The van der Waals surface area contributed by atoms with E-state index in [1.807, 2.05) is 0 Å². The van der Waals surface area contributed by atoms with Crippen molar-refractivity contribution in [2.24, 2.45) is 5.10 Å². The lowest BCUT2D eigenvalue weighted by atomic mass is 10.5. The number of aliphatic hydroxyl groups excluding tert-OH is 1. The number of aldehydes is 1. The molecule has 0 bridgehead atoms. The number of hydrazone groups is 1. The number of likely N-dealkylation sites (N-methyl/N-ethyl adjacent to an activating group) is 1. The number of carbonyl (C=O) groups excluding carboxylic acids is 1. The molecule has 10 heavy (non-hydrogen) atoms. The Morgan fingerprint density at radius 2 is 2.70 bits per heavy atom. The highest BCUT2D eigenvalue weighted by Crippen LogP contribution is 1.98. The highest BCUT2D eigenvalue weighted by molar-refractivity contribution is 5.87. The molecule has 1 rings (SSSR count). The summed E-state index contributed by atoms with van der Waals surface area (Å²) in [7, 11) is 1.69. The zero-order chi connectivity index (χ0) is 7.56. The van der Waals surface area contributed by atoms with Gasteiger partial charge in [0.25, 0.3) is 0 Å². The number of carbonyl (C=O) groups is 1. The molecule has 1 atom stereocenters. The van der Waals surface area contributed by atoms with Crippen molar-refractivity contribution in [3.8, 4) is 0 Å². The van der Waals surface area contributed by atoms with Crippen molar-refractivity contribution in [1.82, 2.24) is 10.3 Å². The van der Waals surface area contributed by atoms with Crippen LogP contribution in [0, 0.1) is 0 Å². The fourth-order valence-electron chi connectivity index (χ4n) is 0.735. The summed E-state index contributed by atoms with van der Waals surface area (Å²) in [5, 5.41) is 12.3. The first kappa shape index (κ1) is 7.01. The Balaban J connectivity index is 2.59. The van der Waals surface area contributed by atoms with Gasteiger partial charge in [0.15, 0.2) is 18.3 Å². The third kappa shape index (κ3) is 0.950. The van der Waals surface area contributed by atoms with E-state index in [-0.39, 0.29) is 6.61 Å². The molecule has 1 heterocycles. The Morgan fingerprint density at radius 1 is 2.00 bits per heavy atom. The second kappa shape index (κ2) is 2.66. The van der Waals surface area contributed by atoms with Gasteiger partial charge in [0.2, 0.25) is 0 Å². The molecule has 0 aliphatic carbocycles. The van der Waals surface area contributed by atoms with Gasteiger partial charge in [-0.1, -0.05) is 0 Å². The first-order valence-corrected chi connectivity index (χ1v) is 2.90. The normalized spacial score (nSPS) is 24.0. The van der Waals surface area contributed by atoms with Gasteiger partial charge in [0, 0.05) is 7.05 Å². The van der Waals surface area contributed by atoms with E-state index in [9.17, 15) is 4.79 Å². The van der Waals surface area contributed by atoms with Crippen LogP contribution < -0.4 is 5.43 Å². The fourth-order valence-corrected chi connectivity index (χ4v) is 0.735. The highest BCUT2D eigenvalue weighted by atomic mass is 16.3. The first-order valence-electron chi connectivity index (χ1n) is 2.90. The van der Waals surface area contributed by atoms with E-state index in [1.165, 1.54) is 0 Å². The lowest BCUT2D eigenvalue weighted by Gasteiger charge is -2.15. The summed E-state index contributed by atoms with van der Waals surface area (Å²) in [6.07, 6.45) is 0.314. The summed E-state index contributed by atoms with van der Waals surface area (Å²) in [5.74, 6) is 0.483. The van der Waals surface area contributed by atoms with Crippen LogP contribution in [0.25, 0.3) is 0 Å². The van der Waals surface area contributed by atoms with Crippen molar-refractivity contribution >= 4 is 12.1 Å². The molecule has 1 aliphatic rings. The quantitative estimate of drug-likeness (QED) is 0.455. The summed E-state index contributed by atoms with van der Waals surface area (Å²) in [5.41, 5.74) is 2.54. The molecule has 0 saturated carbocycles. The van der Waals surface area contributed by atoms with Crippen LogP contribution in [0.3, 0.4) is 0 Å². The van der Waals surface area contributed by atoms with Crippen LogP contribution in [0.2, 0.25) is 0 Å². The van der Waals surface area contributed by atoms with Crippen LogP contribution in [0.15, 0.2) is 5.10 Å². The molecule has 0 saturated heterocycles. The minimum Gasteiger partial charge on any atom is -0.388 e. The zero-order valence-corrected chi connectivity index (χ0v) is 5.61. The number of hydrogen-bond donors (Lipinski definition) is 2. The number of nitrogens with zero attached hydrogens (tertiary/aromatic N) is 2. The summed E-state index contributed by atoms with van der Waals surface area (Å²) in [6.45, 7) is -0.145. The molecule has 5 heteroatoms. The lowest BCUT2D eigenvalue weighted by molar-refractivity contribution is -0.111. The SMILES string of the molecule is CN1C(CO)=NNC1C=O. The minimum absolute atomic E-state index is 0.145. The second-order valence-electron chi connectivity index (χ2n) is 2.01. The largest absolute Gasteiger partial charge is 0.388 e. The monoisotopic (exact) mass is 143 g/mol. The van der Waals surface area contributed by atoms with Gasteiger partial charge < -0.3 is 10.0 Å². The number of rotatable bonds is 2. The van der Waals surface area contributed by atoms with Crippen LogP contribution in [0.4, 0.5) is 0 Å². The molecule has 0 spiro atoms. The van der Waals surface area contributed by atoms with E-state index >= 15 is 0 Å². The van der Waals surface area contributed by atoms with E-state index in [2.05, 4.69) is 10.5 Å². The van der Waals surface area contributed by atoms with E-state index in [4.69, 9.17) is 5.11 Å². The molecule has 0 aromatic rings. The Bertz CT molecular complexity index is 168. The summed E-state index contributed by atoms with van der Waals surface area (Å²) >= 11 is 0. The van der Waals surface area contributed by atoms with Crippen molar-refractivity contribution in [2.45, 2.75) is 6.17 Å². The molecule has 2 N–H and O–H groups in total. The molecular weight excluding hydrogens is 134 g/mol. The van der Waals surface area contributed by atoms with Crippen molar-refractivity contribution < 1.29 is 9.90 Å². The highest BCUT2D eigenvalue weighted by Gasteiger charge is 2.21. The number of aliphatic hydroxyl groups is 1. The third-order valence-electron chi connectivity index (χ3n) is 1.42. The van der Waals surface area contributed by atoms with Crippen LogP contribution >= 0.6 is 0 Å². The average molecular weight is 143 g/mol. The molecule has 1 unspecified atom stereocenters. The molecule has 0 amide bonds. The molecule has 5 nitrogen and oxygen atoms in total. The number of amidine groups is 1. The van der Waals surface area contributed by atoms with E-state index < -0.39 is 6.17 Å². The smallest absolute Gasteiger partial charge is 0.172 e. The van der Waals surface area contributed by atoms with Crippen molar-refractivity contribution in [2.75, 3.05) is 13.7 Å². The van der Waals surface area contributed by atoms with Gasteiger partial charge in [-0.15, -0.1) is 0 Å². The van der Waals surface area contributed by atoms with Gasteiger partial charge >= 0.3 is 0 Å². The maximum absolute atomic E-state index is 10.2. The first-order chi connectivity index (χ1) is 4.79. The van der Waals surface area contributed by atoms with Crippen LogP contribution in [-0.4, -0.2) is 41.9 Å². The van der Waals surface area contributed by atoms with Crippen LogP contribution in [-0.2, 0) is 4.79 Å². The van der Waals surface area contributed by atoms with Gasteiger partial charge in [-0.2, -0.15) is 5.10 Å². The maximum Gasteiger partial charge on any atom is 0.172 e. The van der Waals surface area contributed by atoms with Gasteiger partial charge in [-0.3, -0.25) is 10.2 Å². The Labute approximate surface area is 58.3 Å². The average Bonchev–Trinajstić information content (AvgIpc) is 2.30. The summed E-state index contributed by atoms with van der Waals surface area (Å²) < 4.78 is 0. The molecule has 0 radical (unpaired) electrons. The van der Waals surface area contributed by atoms with Gasteiger partial charge in [-0.25, -0.2) is 0 Å². The van der Waals surface area contributed by atoms with Gasteiger partial charge in [-0.05, 0) is 0 Å².